The maximum absolute atomic E-state index is 13.0. The van der Waals surface area contributed by atoms with Gasteiger partial charge in [-0.25, -0.2) is 9.69 Å². The van der Waals surface area contributed by atoms with E-state index < -0.39 is 11.9 Å². The molecule has 3 aromatic carbocycles. The lowest BCUT2D eigenvalue weighted by Gasteiger charge is -2.10. The lowest BCUT2D eigenvalue weighted by molar-refractivity contribution is -0.113. The monoisotopic (exact) mass is 418 g/mol. The SMILES string of the molecule is N#Cc1ccccc1Cn1cc(C=C2NC(=O)N(c3ccccc3)C2=O)c2ccccc21. The number of nitriles is 1. The molecule has 0 unspecified atom stereocenters. The molecule has 0 radical (unpaired) electrons. The van der Waals surface area contributed by atoms with Crippen molar-refractivity contribution in [2.24, 2.45) is 0 Å². The van der Waals surface area contributed by atoms with Crippen molar-refractivity contribution < 1.29 is 9.59 Å². The lowest BCUT2D eigenvalue weighted by atomic mass is 10.1. The summed E-state index contributed by atoms with van der Waals surface area (Å²) in [6.07, 6.45) is 3.65. The third kappa shape index (κ3) is 3.32. The molecule has 0 bridgehead atoms. The number of fused-ring (bicyclic) bond motifs is 1. The van der Waals surface area contributed by atoms with Gasteiger partial charge in [0.2, 0.25) is 0 Å². The number of amides is 3. The van der Waals surface area contributed by atoms with Gasteiger partial charge in [-0.05, 0) is 35.9 Å². The number of anilines is 1. The van der Waals surface area contributed by atoms with Crippen LogP contribution < -0.4 is 10.2 Å². The van der Waals surface area contributed by atoms with Gasteiger partial charge in [0, 0.05) is 29.2 Å². The molecule has 0 aliphatic carbocycles. The summed E-state index contributed by atoms with van der Waals surface area (Å²) in [6, 6.07) is 26.0. The second kappa shape index (κ2) is 7.89. The standard InChI is InChI=1S/C26H18N4O2/c27-15-18-8-4-5-9-19(18)16-29-17-20(22-12-6-7-13-24(22)29)14-23-25(31)30(26(32)28-23)21-10-2-1-3-11-21/h1-14,17H,16H2,(H,28,32). The molecule has 2 heterocycles. The Labute approximate surface area is 184 Å². The van der Waals surface area contributed by atoms with E-state index in [0.717, 1.165) is 26.9 Å². The molecule has 1 fully saturated rings. The average molecular weight is 418 g/mol. The number of rotatable bonds is 4. The molecule has 4 aromatic rings. The number of aromatic nitrogens is 1. The van der Waals surface area contributed by atoms with E-state index in [2.05, 4.69) is 11.4 Å². The number of para-hydroxylation sites is 2. The van der Waals surface area contributed by atoms with Crippen LogP contribution in [0.1, 0.15) is 16.7 Å². The molecule has 5 rings (SSSR count). The van der Waals surface area contributed by atoms with Gasteiger partial charge < -0.3 is 9.88 Å². The zero-order chi connectivity index (χ0) is 22.1. The number of benzene rings is 3. The highest BCUT2D eigenvalue weighted by Gasteiger charge is 2.34. The minimum atomic E-state index is -0.473. The fraction of sp³-hybridized carbons (Fsp3) is 0.0385. The molecule has 1 aromatic heterocycles. The zero-order valence-corrected chi connectivity index (χ0v) is 17.0. The summed E-state index contributed by atoms with van der Waals surface area (Å²) in [4.78, 5) is 26.6. The minimum absolute atomic E-state index is 0.221. The number of nitrogens with zero attached hydrogens (tertiary/aromatic N) is 3. The highest BCUT2D eigenvalue weighted by atomic mass is 16.2. The Balaban J connectivity index is 1.54. The van der Waals surface area contributed by atoms with Crippen LogP contribution in [0, 0.1) is 11.3 Å². The van der Waals surface area contributed by atoms with Gasteiger partial charge in [-0.2, -0.15) is 5.26 Å². The molecule has 1 N–H and O–H groups in total. The van der Waals surface area contributed by atoms with Crippen molar-refractivity contribution in [2.75, 3.05) is 4.90 Å². The normalized spacial score (nSPS) is 14.7. The summed E-state index contributed by atoms with van der Waals surface area (Å²) in [6.45, 7) is 0.518. The first-order valence-electron chi connectivity index (χ1n) is 10.1. The third-order valence-electron chi connectivity index (χ3n) is 5.49. The topological polar surface area (TPSA) is 78.1 Å². The third-order valence-corrected chi connectivity index (χ3v) is 5.49. The molecular weight excluding hydrogens is 400 g/mol. The van der Waals surface area contributed by atoms with Crippen LogP contribution in [-0.2, 0) is 11.3 Å². The molecule has 1 saturated heterocycles. The maximum atomic E-state index is 13.0. The fourth-order valence-electron chi connectivity index (χ4n) is 3.97. The summed E-state index contributed by atoms with van der Waals surface area (Å²) < 4.78 is 2.05. The van der Waals surface area contributed by atoms with Crippen molar-refractivity contribution in [3.05, 3.63) is 107 Å². The Bertz CT molecular complexity index is 1430. The van der Waals surface area contributed by atoms with Gasteiger partial charge in [0.1, 0.15) is 5.70 Å². The molecule has 6 nitrogen and oxygen atoms in total. The highest BCUT2D eigenvalue weighted by Crippen LogP contribution is 2.27. The van der Waals surface area contributed by atoms with Crippen molar-refractivity contribution in [2.45, 2.75) is 6.54 Å². The van der Waals surface area contributed by atoms with Crippen LogP contribution in [0.25, 0.3) is 17.0 Å². The van der Waals surface area contributed by atoms with E-state index in [-0.39, 0.29) is 5.70 Å². The Morgan fingerprint density at radius 2 is 1.62 bits per heavy atom. The number of hydrogen-bond acceptors (Lipinski definition) is 3. The summed E-state index contributed by atoms with van der Waals surface area (Å²) in [5.74, 6) is -0.396. The van der Waals surface area contributed by atoms with Crippen molar-refractivity contribution in [1.29, 1.82) is 5.26 Å². The van der Waals surface area contributed by atoms with E-state index in [9.17, 15) is 14.9 Å². The van der Waals surface area contributed by atoms with Crippen LogP contribution in [-0.4, -0.2) is 16.5 Å². The first-order valence-corrected chi connectivity index (χ1v) is 10.1. The number of carbonyl (C=O) groups is 2. The maximum Gasteiger partial charge on any atom is 0.333 e. The van der Waals surface area contributed by atoms with Gasteiger partial charge in [-0.15, -0.1) is 0 Å². The van der Waals surface area contributed by atoms with Crippen molar-refractivity contribution in [1.82, 2.24) is 9.88 Å². The van der Waals surface area contributed by atoms with Crippen LogP contribution in [0.4, 0.5) is 10.5 Å². The van der Waals surface area contributed by atoms with Crippen molar-refractivity contribution in [3.63, 3.8) is 0 Å². The molecule has 0 spiro atoms. The summed E-state index contributed by atoms with van der Waals surface area (Å²) in [5.41, 5.74) is 4.07. The quantitative estimate of drug-likeness (QED) is 0.387. The summed E-state index contributed by atoms with van der Waals surface area (Å²) >= 11 is 0. The summed E-state index contributed by atoms with van der Waals surface area (Å²) in [5, 5.41) is 13.1. The Kier molecular flexibility index (Phi) is 4.77. The largest absolute Gasteiger partial charge is 0.342 e. The fourth-order valence-corrected chi connectivity index (χ4v) is 3.97. The van der Waals surface area contributed by atoms with Crippen LogP contribution in [0.5, 0.6) is 0 Å². The Morgan fingerprint density at radius 1 is 0.906 bits per heavy atom. The molecule has 32 heavy (non-hydrogen) atoms. The number of urea groups is 1. The van der Waals surface area contributed by atoms with Crippen LogP contribution in [0.2, 0.25) is 0 Å². The molecular formula is C26H18N4O2. The molecule has 0 atom stereocenters. The van der Waals surface area contributed by atoms with E-state index in [1.807, 2.05) is 59.3 Å². The van der Waals surface area contributed by atoms with E-state index in [0.29, 0.717) is 17.8 Å². The van der Waals surface area contributed by atoms with Gasteiger partial charge >= 0.3 is 6.03 Å². The van der Waals surface area contributed by atoms with Gasteiger partial charge in [0.15, 0.2) is 0 Å². The zero-order valence-electron chi connectivity index (χ0n) is 17.0. The minimum Gasteiger partial charge on any atom is -0.342 e. The molecule has 1 aliphatic heterocycles. The molecule has 6 heteroatoms. The lowest BCUT2D eigenvalue weighted by Crippen LogP contribution is -2.30. The Hall–Kier alpha value is -4.63. The number of nitrogens with one attached hydrogen (secondary N) is 1. The van der Waals surface area contributed by atoms with E-state index in [4.69, 9.17) is 0 Å². The van der Waals surface area contributed by atoms with Crippen LogP contribution in [0.15, 0.2) is 90.8 Å². The van der Waals surface area contributed by atoms with Gasteiger partial charge in [0.05, 0.1) is 17.3 Å². The second-order valence-electron chi connectivity index (χ2n) is 7.46. The van der Waals surface area contributed by atoms with Gasteiger partial charge in [-0.3, -0.25) is 4.79 Å². The van der Waals surface area contributed by atoms with Crippen molar-refractivity contribution >= 4 is 34.6 Å². The smallest absolute Gasteiger partial charge is 0.333 e. The summed E-state index contributed by atoms with van der Waals surface area (Å²) in [7, 11) is 0. The number of carbonyl (C=O) groups excluding carboxylic acids is 2. The average Bonchev–Trinajstić information content (AvgIpc) is 3.31. The predicted octanol–water partition coefficient (Wildman–Crippen LogP) is 4.66. The molecule has 3 amide bonds. The highest BCUT2D eigenvalue weighted by molar-refractivity contribution is 6.28. The number of imide groups is 1. The first-order chi connectivity index (χ1) is 15.7. The Morgan fingerprint density at radius 3 is 2.44 bits per heavy atom. The van der Waals surface area contributed by atoms with Crippen LogP contribution in [0.3, 0.4) is 0 Å². The number of hydrogen-bond donors (Lipinski definition) is 1. The van der Waals surface area contributed by atoms with E-state index >= 15 is 0 Å². The first kappa shape index (κ1) is 19.3. The van der Waals surface area contributed by atoms with Crippen LogP contribution >= 0.6 is 0 Å². The molecule has 0 saturated carbocycles. The molecule has 154 valence electrons. The van der Waals surface area contributed by atoms with Gasteiger partial charge in [0.25, 0.3) is 5.91 Å². The predicted molar refractivity (Wildman–Crippen MR) is 123 cm³/mol. The van der Waals surface area contributed by atoms with Gasteiger partial charge in [-0.1, -0.05) is 54.6 Å². The van der Waals surface area contributed by atoms with Crippen molar-refractivity contribution in [3.8, 4) is 6.07 Å². The van der Waals surface area contributed by atoms with E-state index in [1.165, 1.54) is 0 Å². The molecule has 1 aliphatic rings. The van der Waals surface area contributed by atoms with E-state index in [1.54, 1.807) is 36.4 Å². The second-order valence-corrected chi connectivity index (χ2v) is 7.46.